The van der Waals surface area contributed by atoms with Crippen LogP contribution in [0.5, 0.6) is 0 Å². The van der Waals surface area contributed by atoms with Gasteiger partial charge < -0.3 is 5.11 Å². The molecule has 0 saturated carbocycles. The van der Waals surface area contributed by atoms with E-state index in [4.69, 9.17) is 0 Å². The van der Waals surface area contributed by atoms with E-state index in [1.54, 1.807) is 6.08 Å². The lowest BCUT2D eigenvalue weighted by Gasteiger charge is -2.19. The molecule has 0 atom stereocenters. The Kier molecular flexibility index (Phi) is 5.90. The minimum atomic E-state index is -3.30. The Balaban J connectivity index is 1.91. The molecule has 0 saturated heterocycles. The van der Waals surface area contributed by atoms with Crippen LogP contribution in [0.1, 0.15) is 31.2 Å². The van der Waals surface area contributed by atoms with Gasteiger partial charge in [-0.15, -0.1) is 0 Å². The van der Waals surface area contributed by atoms with Crippen LogP contribution in [0, 0.1) is 0 Å². The highest BCUT2D eigenvalue weighted by Gasteiger charge is 2.42. The lowest BCUT2D eigenvalue weighted by atomic mass is 10.1. The van der Waals surface area contributed by atoms with Gasteiger partial charge in [0.15, 0.2) is 0 Å². The molecule has 0 aromatic heterocycles. The molecular weight excluding hydrogens is 299 g/mol. The van der Waals surface area contributed by atoms with Crippen molar-refractivity contribution in [3.8, 4) is 0 Å². The van der Waals surface area contributed by atoms with Crippen LogP contribution >= 0.6 is 7.72 Å². The SMILES string of the molecule is O=C(O)C1=C([P+](O)(O)CCCCc2ccccc2)CC=CC1. The summed E-state index contributed by atoms with van der Waals surface area (Å²) in [6.07, 6.45) is 6.88. The Bertz CT molecular complexity index is 576. The molecule has 1 aliphatic carbocycles. The highest BCUT2D eigenvalue weighted by atomic mass is 31.2. The van der Waals surface area contributed by atoms with E-state index in [9.17, 15) is 19.7 Å². The van der Waals surface area contributed by atoms with Crippen molar-refractivity contribution >= 4 is 13.7 Å². The number of hydrogen-bond donors (Lipinski definition) is 3. The quantitative estimate of drug-likeness (QED) is 0.408. The molecule has 0 amide bonds. The molecule has 1 aliphatic rings. The van der Waals surface area contributed by atoms with Gasteiger partial charge in [-0.2, -0.15) is 0 Å². The Morgan fingerprint density at radius 1 is 1.05 bits per heavy atom. The molecule has 0 unspecified atom stereocenters. The summed E-state index contributed by atoms with van der Waals surface area (Å²) in [6, 6.07) is 10.1. The van der Waals surface area contributed by atoms with E-state index in [1.165, 1.54) is 5.56 Å². The molecule has 1 aromatic rings. The van der Waals surface area contributed by atoms with Crippen LogP contribution in [-0.2, 0) is 11.2 Å². The summed E-state index contributed by atoms with van der Waals surface area (Å²) < 4.78 is 0. The summed E-state index contributed by atoms with van der Waals surface area (Å²) >= 11 is 0. The maximum absolute atomic E-state index is 11.2. The number of aryl methyl sites for hydroxylation is 1. The number of allylic oxidation sites excluding steroid dienone is 3. The van der Waals surface area contributed by atoms with E-state index >= 15 is 0 Å². The molecule has 0 bridgehead atoms. The zero-order chi connectivity index (χ0) is 16.0. The number of aliphatic carboxylic acids is 1. The van der Waals surface area contributed by atoms with Crippen LogP contribution in [0.15, 0.2) is 53.4 Å². The zero-order valence-electron chi connectivity index (χ0n) is 12.5. The topological polar surface area (TPSA) is 77.8 Å². The number of hydrogen-bond acceptors (Lipinski definition) is 3. The van der Waals surface area contributed by atoms with Gasteiger partial charge in [-0.05, 0) is 24.8 Å². The minimum Gasteiger partial charge on any atom is -0.478 e. The third kappa shape index (κ3) is 4.51. The van der Waals surface area contributed by atoms with Crippen molar-refractivity contribution in [2.45, 2.75) is 32.1 Å². The first-order valence-corrected chi connectivity index (χ1v) is 9.37. The molecule has 118 valence electrons. The average Bonchev–Trinajstić information content (AvgIpc) is 2.52. The largest absolute Gasteiger partial charge is 0.478 e. The van der Waals surface area contributed by atoms with Gasteiger partial charge in [0.25, 0.3) is 7.72 Å². The molecule has 0 spiro atoms. The van der Waals surface area contributed by atoms with Crippen molar-refractivity contribution in [1.82, 2.24) is 0 Å². The van der Waals surface area contributed by atoms with Crippen molar-refractivity contribution in [2.75, 3.05) is 6.16 Å². The maximum Gasteiger partial charge on any atom is 0.335 e. The zero-order valence-corrected chi connectivity index (χ0v) is 13.4. The van der Waals surface area contributed by atoms with Gasteiger partial charge in [0.1, 0.15) is 11.5 Å². The molecule has 5 heteroatoms. The number of benzene rings is 1. The monoisotopic (exact) mass is 321 g/mol. The molecule has 22 heavy (non-hydrogen) atoms. The van der Waals surface area contributed by atoms with E-state index in [0.717, 1.165) is 12.8 Å². The van der Waals surface area contributed by atoms with E-state index in [0.29, 0.717) is 18.2 Å². The molecule has 2 rings (SSSR count). The predicted octanol–water partition coefficient (Wildman–Crippen LogP) is 3.53. The summed E-state index contributed by atoms with van der Waals surface area (Å²) in [5.74, 6) is -1.05. The molecule has 0 radical (unpaired) electrons. The van der Waals surface area contributed by atoms with Gasteiger partial charge >= 0.3 is 5.97 Å². The van der Waals surface area contributed by atoms with Gasteiger partial charge in [0.2, 0.25) is 0 Å². The van der Waals surface area contributed by atoms with Gasteiger partial charge in [-0.3, -0.25) is 0 Å². The molecule has 0 heterocycles. The van der Waals surface area contributed by atoms with Gasteiger partial charge in [0, 0.05) is 12.8 Å². The summed E-state index contributed by atoms with van der Waals surface area (Å²) in [6.45, 7) is 0. The number of rotatable bonds is 7. The second-order valence-corrected chi connectivity index (χ2v) is 7.95. The third-order valence-electron chi connectivity index (χ3n) is 3.87. The van der Waals surface area contributed by atoms with E-state index in [2.05, 4.69) is 12.1 Å². The molecular formula is C17H22O4P+. The molecule has 0 aliphatic heterocycles. The first kappa shape index (κ1) is 16.9. The van der Waals surface area contributed by atoms with Crippen LogP contribution in [0.2, 0.25) is 0 Å². The second-order valence-electron chi connectivity index (χ2n) is 5.51. The van der Waals surface area contributed by atoms with Crippen LogP contribution < -0.4 is 0 Å². The van der Waals surface area contributed by atoms with Crippen LogP contribution in [0.4, 0.5) is 0 Å². The van der Waals surface area contributed by atoms with Crippen molar-refractivity contribution < 1.29 is 19.7 Å². The van der Waals surface area contributed by atoms with Crippen LogP contribution in [-0.4, -0.2) is 27.0 Å². The fraction of sp³-hybridized carbons (Fsp3) is 0.353. The van der Waals surface area contributed by atoms with Gasteiger partial charge in [-0.1, -0.05) is 42.5 Å². The number of carboxylic acids is 1. The third-order valence-corrected chi connectivity index (χ3v) is 6.12. The van der Waals surface area contributed by atoms with Crippen molar-refractivity contribution in [2.24, 2.45) is 0 Å². The summed E-state index contributed by atoms with van der Waals surface area (Å²) in [4.78, 5) is 32.0. The van der Waals surface area contributed by atoms with Gasteiger partial charge in [0.05, 0.1) is 5.57 Å². The van der Waals surface area contributed by atoms with E-state index in [1.807, 2.05) is 24.3 Å². The number of carbonyl (C=O) groups is 1. The Labute approximate surface area is 131 Å². The Morgan fingerprint density at radius 2 is 1.73 bits per heavy atom. The first-order chi connectivity index (χ1) is 10.5. The summed E-state index contributed by atoms with van der Waals surface area (Å²) in [5, 5.41) is 9.53. The number of unbranched alkanes of at least 4 members (excludes halogenated alkanes) is 1. The van der Waals surface area contributed by atoms with Crippen molar-refractivity contribution in [1.29, 1.82) is 0 Å². The van der Waals surface area contributed by atoms with E-state index in [-0.39, 0.29) is 18.2 Å². The second kappa shape index (κ2) is 7.68. The summed E-state index contributed by atoms with van der Waals surface area (Å²) in [7, 11) is -3.30. The smallest absolute Gasteiger partial charge is 0.335 e. The van der Waals surface area contributed by atoms with Crippen molar-refractivity contribution in [3.05, 3.63) is 58.9 Å². The Hall–Kier alpha value is -1.48. The highest BCUT2D eigenvalue weighted by molar-refractivity contribution is 7.69. The van der Waals surface area contributed by atoms with Crippen molar-refractivity contribution in [3.63, 3.8) is 0 Å². The normalized spacial score (nSPS) is 15.2. The molecule has 0 fully saturated rings. The Morgan fingerprint density at radius 3 is 2.41 bits per heavy atom. The molecule has 3 N–H and O–H groups in total. The molecule has 1 aromatic carbocycles. The predicted molar refractivity (Wildman–Crippen MR) is 88.6 cm³/mol. The number of carboxylic acid groups (broad SMARTS) is 1. The maximum atomic E-state index is 11.2. The lowest BCUT2D eigenvalue weighted by molar-refractivity contribution is -0.132. The van der Waals surface area contributed by atoms with E-state index < -0.39 is 13.7 Å². The average molecular weight is 321 g/mol. The molecule has 4 nitrogen and oxygen atoms in total. The highest BCUT2D eigenvalue weighted by Crippen LogP contribution is 2.62. The minimum absolute atomic E-state index is 0.156. The van der Waals surface area contributed by atoms with Gasteiger partial charge in [-0.25, -0.2) is 14.6 Å². The lowest BCUT2D eigenvalue weighted by Crippen LogP contribution is -2.11. The first-order valence-electron chi connectivity index (χ1n) is 7.49. The fourth-order valence-corrected chi connectivity index (χ4v) is 4.60. The van der Waals surface area contributed by atoms with Crippen LogP contribution in [0.3, 0.4) is 0 Å². The summed E-state index contributed by atoms with van der Waals surface area (Å²) in [5.41, 5.74) is 1.39. The standard InChI is InChI=1S/C17H21O4P/c18-17(19)15-11-4-5-12-16(15)22(20,21)13-7-6-10-14-8-2-1-3-9-14/h1-5,8-9,20-21H,6-7,10-13H2/p+1. The fourth-order valence-electron chi connectivity index (χ4n) is 2.65. The van der Waals surface area contributed by atoms with Crippen LogP contribution in [0.25, 0.3) is 0 Å².